The molecule has 5 aliphatic rings. The van der Waals surface area contributed by atoms with Crippen LogP contribution in [0.25, 0.3) is 11.1 Å². The second-order valence-electron chi connectivity index (χ2n) is 14.4. The molecule has 9 heteroatoms. The summed E-state index contributed by atoms with van der Waals surface area (Å²) in [5.41, 5.74) is 6.04. The zero-order chi connectivity index (χ0) is 31.9. The van der Waals surface area contributed by atoms with Crippen LogP contribution in [0.1, 0.15) is 66.9 Å². The summed E-state index contributed by atoms with van der Waals surface area (Å²) in [6.07, 6.45) is 10.4. The van der Waals surface area contributed by atoms with Crippen molar-refractivity contribution in [3.63, 3.8) is 0 Å². The lowest BCUT2D eigenvalue weighted by atomic mass is 9.50. The highest BCUT2D eigenvalue weighted by atomic mass is 32.2. The Labute approximate surface area is 273 Å². The van der Waals surface area contributed by atoms with E-state index in [1.807, 2.05) is 31.3 Å². The molecule has 4 saturated carbocycles. The number of carbonyl (C=O) groups is 1. The zero-order valence-corrected chi connectivity index (χ0v) is 27.9. The Balaban J connectivity index is 0.908. The first-order chi connectivity index (χ1) is 22.2. The number of aromatic nitrogens is 1. The molecule has 0 atom stereocenters. The van der Waals surface area contributed by atoms with Gasteiger partial charge in [0.25, 0.3) is 5.91 Å². The fourth-order valence-corrected chi connectivity index (χ4v) is 10.9. The summed E-state index contributed by atoms with van der Waals surface area (Å²) in [4.78, 5) is 22.1. The number of anilines is 1. The monoisotopic (exact) mass is 642 g/mol. The third-order valence-corrected chi connectivity index (χ3v) is 12.3. The predicted molar refractivity (Wildman–Crippen MR) is 181 cm³/mol. The van der Waals surface area contributed by atoms with E-state index in [0.29, 0.717) is 29.9 Å². The second-order valence-corrected chi connectivity index (χ2v) is 16.1. The van der Waals surface area contributed by atoms with Crippen molar-refractivity contribution in [3.8, 4) is 16.9 Å². The number of piperazine rings is 1. The zero-order valence-electron chi connectivity index (χ0n) is 27.1. The van der Waals surface area contributed by atoms with E-state index in [9.17, 15) is 13.2 Å². The van der Waals surface area contributed by atoms with Crippen molar-refractivity contribution in [1.29, 1.82) is 0 Å². The van der Waals surface area contributed by atoms with Gasteiger partial charge in [0.2, 0.25) is 10.0 Å². The van der Waals surface area contributed by atoms with Crippen molar-refractivity contribution in [2.24, 2.45) is 23.2 Å². The summed E-state index contributed by atoms with van der Waals surface area (Å²) < 4.78 is 34.4. The van der Waals surface area contributed by atoms with E-state index in [1.165, 1.54) is 36.0 Å². The number of aryl methyl sites for hydroxylation is 1. The first-order valence-corrected chi connectivity index (χ1v) is 18.6. The molecule has 3 aromatic rings. The lowest BCUT2D eigenvalue weighted by Crippen LogP contribution is -2.51. The van der Waals surface area contributed by atoms with Crippen molar-refractivity contribution >= 4 is 21.6 Å². The highest BCUT2D eigenvalue weighted by Gasteiger charge is 2.52. The van der Waals surface area contributed by atoms with Gasteiger partial charge in [-0.1, -0.05) is 18.2 Å². The largest absolute Gasteiger partial charge is 0.492 e. The van der Waals surface area contributed by atoms with Crippen LogP contribution in [-0.2, 0) is 16.6 Å². The molecule has 0 unspecified atom stereocenters. The van der Waals surface area contributed by atoms with Crippen molar-refractivity contribution < 1.29 is 17.9 Å². The van der Waals surface area contributed by atoms with Crippen LogP contribution >= 0.6 is 0 Å². The highest BCUT2D eigenvalue weighted by Crippen LogP contribution is 2.60. The molecule has 46 heavy (non-hydrogen) atoms. The average molecular weight is 643 g/mol. The SMILES string of the molecule is CCOc1cncc(-c2ccc(CN3CCN(c4ccc(C(=O)NS(=O)(=O)CC56CC7CC(CC(C7)C5)C6)cc4)CC3)cc2C)c1. The van der Waals surface area contributed by atoms with Gasteiger partial charge in [-0.25, -0.2) is 13.1 Å². The Morgan fingerprint density at radius 2 is 1.61 bits per heavy atom. The van der Waals surface area contributed by atoms with Crippen LogP contribution in [0.3, 0.4) is 0 Å². The third kappa shape index (κ3) is 6.81. The molecule has 2 aromatic carbocycles. The number of rotatable bonds is 10. The van der Waals surface area contributed by atoms with Crippen molar-refractivity contribution in [1.82, 2.24) is 14.6 Å². The van der Waals surface area contributed by atoms with Gasteiger partial charge in [0.1, 0.15) is 5.75 Å². The molecule has 5 fully saturated rings. The molecule has 1 saturated heterocycles. The lowest BCUT2D eigenvalue weighted by Gasteiger charge is -2.56. The number of carbonyl (C=O) groups excluding carboxylic acids is 1. The summed E-state index contributed by atoms with van der Waals surface area (Å²) in [6, 6.07) is 16.1. The fourth-order valence-electron chi connectivity index (χ4n) is 9.31. The second kappa shape index (κ2) is 12.6. The molecular weight excluding hydrogens is 596 g/mol. The number of nitrogens with one attached hydrogen (secondary N) is 1. The topological polar surface area (TPSA) is 91.8 Å². The molecule has 0 radical (unpaired) electrons. The normalized spacial score (nSPS) is 25.9. The molecule has 4 aliphatic carbocycles. The summed E-state index contributed by atoms with van der Waals surface area (Å²) >= 11 is 0. The van der Waals surface area contributed by atoms with E-state index in [0.717, 1.165) is 69.0 Å². The predicted octanol–water partition coefficient (Wildman–Crippen LogP) is 6.05. The Bertz CT molecular complexity index is 1650. The summed E-state index contributed by atoms with van der Waals surface area (Å²) in [7, 11) is -3.70. The molecule has 0 spiro atoms. The summed E-state index contributed by atoms with van der Waals surface area (Å²) in [6.45, 7) is 9.28. The van der Waals surface area contributed by atoms with E-state index in [4.69, 9.17) is 4.74 Å². The van der Waals surface area contributed by atoms with Gasteiger partial charge in [-0.05, 0) is 123 Å². The average Bonchev–Trinajstić information content (AvgIpc) is 3.00. The molecule has 1 N–H and O–H groups in total. The van der Waals surface area contributed by atoms with Gasteiger partial charge in [-0.2, -0.15) is 0 Å². The van der Waals surface area contributed by atoms with E-state index in [1.54, 1.807) is 18.3 Å². The Morgan fingerprint density at radius 3 is 2.24 bits per heavy atom. The smallest absolute Gasteiger partial charge is 0.264 e. The highest BCUT2D eigenvalue weighted by molar-refractivity contribution is 7.90. The maximum Gasteiger partial charge on any atom is 0.264 e. The van der Waals surface area contributed by atoms with Crippen LogP contribution in [0.15, 0.2) is 60.9 Å². The van der Waals surface area contributed by atoms with E-state index < -0.39 is 15.9 Å². The molecular formula is C37H46N4O4S. The number of sulfonamides is 1. The fraction of sp³-hybridized carbons (Fsp3) is 0.514. The van der Waals surface area contributed by atoms with E-state index >= 15 is 0 Å². The molecule has 8 nitrogen and oxygen atoms in total. The minimum absolute atomic E-state index is 0.0845. The van der Waals surface area contributed by atoms with Crippen molar-refractivity contribution in [3.05, 3.63) is 77.6 Å². The number of hydrogen-bond acceptors (Lipinski definition) is 7. The minimum Gasteiger partial charge on any atom is -0.492 e. The van der Waals surface area contributed by atoms with Crippen molar-refractivity contribution in [2.45, 2.75) is 58.9 Å². The van der Waals surface area contributed by atoms with Gasteiger partial charge in [0.15, 0.2) is 0 Å². The van der Waals surface area contributed by atoms with Crippen LogP contribution in [0.5, 0.6) is 5.75 Å². The molecule has 1 aromatic heterocycles. The van der Waals surface area contributed by atoms with Gasteiger partial charge in [0, 0.05) is 55.7 Å². The van der Waals surface area contributed by atoms with Gasteiger partial charge in [-0.15, -0.1) is 0 Å². The molecule has 1 aliphatic heterocycles. The van der Waals surface area contributed by atoms with Crippen LogP contribution in [0.2, 0.25) is 0 Å². The Hall–Kier alpha value is -3.43. The van der Waals surface area contributed by atoms with E-state index in [-0.39, 0.29) is 11.2 Å². The van der Waals surface area contributed by atoms with Gasteiger partial charge >= 0.3 is 0 Å². The van der Waals surface area contributed by atoms with Gasteiger partial charge in [0.05, 0.1) is 18.6 Å². The molecule has 8 rings (SSSR count). The van der Waals surface area contributed by atoms with Crippen LogP contribution in [-0.4, -0.2) is 62.7 Å². The maximum absolute atomic E-state index is 13.2. The summed E-state index contributed by atoms with van der Waals surface area (Å²) in [5.74, 6) is 2.37. The maximum atomic E-state index is 13.2. The first-order valence-electron chi connectivity index (χ1n) is 17.0. The first kappa shape index (κ1) is 31.2. The summed E-state index contributed by atoms with van der Waals surface area (Å²) in [5, 5.41) is 0. The van der Waals surface area contributed by atoms with Crippen molar-refractivity contribution in [2.75, 3.05) is 43.4 Å². The Morgan fingerprint density at radius 1 is 0.935 bits per heavy atom. The van der Waals surface area contributed by atoms with Gasteiger partial charge in [-0.3, -0.25) is 14.7 Å². The van der Waals surface area contributed by atoms with Crippen LogP contribution in [0.4, 0.5) is 5.69 Å². The quantitative estimate of drug-likeness (QED) is 0.288. The molecule has 2 heterocycles. The minimum atomic E-state index is -3.70. The standard InChI is InChI=1S/C37H46N4O4S/c1-3-45-34-18-32(22-38-23-34)35-9-4-27(14-26(35)2)24-40-10-12-41(13-11-40)33-7-5-31(6-8-33)36(42)39-46(43,44)25-37-19-28-15-29(20-37)17-30(16-28)21-37/h4-9,14,18,22-23,28-30H,3,10-13,15-17,19-21,24-25H2,1-2H3,(H,39,42). The van der Waals surface area contributed by atoms with E-state index in [2.05, 4.69) is 44.6 Å². The number of amides is 1. The molecule has 244 valence electrons. The Kier molecular flexibility index (Phi) is 8.57. The number of benzene rings is 2. The number of hydrogen-bond donors (Lipinski definition) is 1. The number of nitrogens with zero attached hydrogens (tertiary/aromatic N) is 3. The van der Waals surface area contributed by atoms with Crippen LogP contribution < -0.4 is 14.4 Å². The number of pyridine rings is 1. The molecule has 1 amide bonds. The van der Waals surface area contributed by atoms with Gasteiger partial charge < -0.3 is 9.64 Å². The number of ether oxygens (including phenoxy) is 1. The third-order valence-electron chi connectivity index (χ3n) is 10.8. The molecule has 4 bridgehead atoms. The lowest BCUT2D eigenvalue weighted by molar-refractivity contribution is -0.0391. The van der Waals surface area contributed by atoms with Crippen LogP contribution in [0, 0.1) is 30.1 Å².